The average Bonchev–Trinajstić information content (AvgIpc) is 3.33. The quantitative estimate of drug-likeness (QED) is 0.283. The van der Waals surface area contributed by atoms with E-state index in [2.05, 4.69) is 5.32 Å². The smallest absolute Gasteiger partial charge is 0.251 e. The Morgan fingerprint density at radius 3 is 2.45 bits per heavy atom. The van der Waals surface area contributed by atoms with Crippen LogP contribution < -0.4 is 10.2 Å². The van der Waals surface area contributed by atoms with Gasteiger partial charge in [0.1, 0.15) is 17.7 Å². The summed E-state index contributed by atoms with van der Waals surface area (Å²) in [6, 6.07) is 22.0. The topological polar surface area (TPSA) is 76.5 Å². The summed E-state index contributed by atoms with van der Waals surface area (Å²) in [4.78, 5) is 29.4. The molecule has 4 aromatic rings. The van der Waals surface area contributed by atoms with Gasteiger partial charge in [0.2, 0.25) is 0 Å². The number of halogens is 1. The number of rotatable bonds is 9. The lowest BCUT2D eigenvalue weighted by atomic mass is 9.81. The number of amides is 2. The lowest BCUT2D eigenvalue weighted by Crippen LogP contribution is -2.55. The first kappa shape index (κ1) is 27.3. The lowest BCUT2D eigenvalue weighted by molar-refractivity contribution is -0.121. The molecular formula is C32H33FN4O3. The van der Waals surface area contributed by atoms with Crippen LogP contribution in [0.15, 0.2) is 78.9 Å². The number of likely N-dealkylation sites (N-methyl/N-ethyl adjacent to an activating group) is 1. The first-order chi connectivity index (χ1) is 19.4. The number of carbonyl (C=O) groups is 2. The summed E-state index contributed by atoms with van der Waals surface area (Å²) in [5, 5.41) is 7.98. The maximum Gasteiger partial charge on any atom is 0.251 e. The molecule has 0 spiro atoms. The fourth-order valence-corrected chi connectivity index (χ4v) is 5.28. The highest BCUT2D eigenvalue weighted by molar-refractivity contribution is 6.05. The predicted molar refractivity (Wildman–Crippen MR) is 152 cm³/mol. The van der Waals surface area contributed by atoms with Gasteiger partial charge in [-0.05, 0) is 62.2 Å². The van der Waals surface area contributed by atoms with Crippen molar-refractivity contribution >= 4 is 17.6 Å². The molecule has 5 rings (SSSR count). The van der Waals surface area contributed by atoms with Crippen LogP contribution in [0.3, 0.4) is 0 Å². The Morgan fingerprint density at radius 1 is 1.02 bits per heavy atom. The number of anilines is 1. The highest BCUT2D eigenvalue weighted by atomic mass is 19.1. The Hall–Kier alpha value is -4.30. The number of aromatic nitrogens is 2. The molecule has 2 amide bonds. The Bertz CT molecular complexity index is 1500. The minimum absolute atomic E-state index is 0.234. The number of nitrogens with one attached hydrogen (secondary N) is 1. The van der Waals surface area contributed by atoms with Gasteiger partial charge in [-0.2, -0.15) is 5.10 Å². The summed E-state index contributed by atoms with van der Waals surface area (Å²) >= 11 is 0. The summed E-state index contributed by atoms with van der Waals surface area (Å²) < 4.78 is 21.8. The van der Waals surface area contributed by atoms with Crippen molar-refractivity contribution in [1.29, 1.82) is 0 Å². The molecule has 2 unspecified atom stereocenters. The third-order valence-corrected chi connectivity index (χ3v) is 7.11. The maximum absolute atomic E-state index is 14.2. The number of benzene rings is 3. The van der Waals surface area contributed by atoms with Crippen molar-refractivity contribution in [3.63, 3.8) is 0 Å². The molecule has 8 heteroatoms. The summed E-state index contributed by atoms with van der Waals surface area (Å²) in [7, 11) is 0. The van der Waals surface area contributed by atoms with Crippen LogP contribution in [-0.4, -0.2) is 40.8 Å². The summed E-state index contributed by atoms with van der Waals surface area (Å²) in [5.74, 6) is -0.981. The Kier molecular flexibility index (Phi) is 8.07. The van der Waals surface area contributed by atoms with Crippen molar-refractivity contribution in [3.05, 3.63) is 113 Å². The summed E-state index contributed by atoms with van der Waals surface area (Å²) in [6.07, 6.45) is 0.845. The van der Waals surface area contributed by atoms with Gasteiger partial charge in [0.15, 0.2) is 0 Å². The number of hydrogen-bond acceptors (Lipinski definition) is 4. The van der Waals surface area contributed by atoms with Crippen LogP contribution in [0.1, 0.15) is 58.9 Å². The number of carbonyl (C=O) groups excluding carboxylic acids is 2. The Labute approximate surface area is 233 Å². The van der Waals surface area contributed by atoms with E-state index in [0.29, 0.717) is 35.8 Å². The van der Waals surface area contributed by atoms with Gasteiger partial charge in [0.25, 0.3) is 11.8 Å². The molecule has 0 saturated carbocycles. The van der Waals surface area contributed by atoms with Crippen LogP contribution in [0.2, 0.25) is 0 Å². The van der Waals surface area contributed by atoms with Crippen LogP contribution in [0.4, 0.5) is 10.2 Å². The molecule has 2 atom stereocenters. The van der Waals surface area contributed by atoms with E-state index in [9.17, 15) is 14.0 Å². The van der Waals surface area contributed by atoms with Gasteiger partial charge in [0, 0.05) is 30.2 Å². The van der Waals surface area contributed by atoms with Gasteiger partial charge in [-0.15, -0.1) is 0 Å². The zero-order valence-electron chi connectivity index (χ0n) is 22.9. The molecule has 1 aliphatic rings. The third-order valence-electron chi connectivity index (χ3n) is 7.11. The van der Waals surface area contributed by atoms with Crippen LogP contribution in [0.5, 0.6) is 0 Å². The third kappa shape index (κ3) is 5.27. The van der Waals surface area contributed by atoms with Crippen LogP contribution in [0, 0.1) is 12.7 Å². The average molecular weight is 541 g/mol. The number of fused-ring (bicyclic) bond motifs is 1. The summed E-state index contributed by atoms with van der Waals surface area (Å²) in [5.41, 5.74) is 4.35. The molecule has 0 aliphatic carbocycles. The van der Waals surface area contributed by atoms with Crippen molar-refractivity contribution < 1.29 is 18.7 Å². The molecule has 3 aromatic carbocycles. The van der Waals surface area contributed by atoms with E-state index < -0.39 is 12.0 Å². The Balaban J connectivity index is 1.71. The number of para-hydroxylation sites is 1. The first-order valence-corrected chi connectivity index (χ1v) is 13.6. The minimum Gasteiger partial charge on any atom is -0.375 e. The van der Waals surface area contributed by atoms with Gasteiger partial charge in [-0.25, -0.2) is 9.07 Å². The van der Waals surface area contributed by atoms with Crippen molar-refractivity contribution in [3.8, 4) is 5.69 Å². The van der Waals surface area contributed by atoms with E-state index in [4.69, 9.17) is 9.84 Å². The molecule has 2 heterocycles. The first-order valence-electron chi connectivity index (χ1n) is 13.6. The van der Waals surface area contributed by atoms with E-state index >= 15 is 0 Å². The van der Waals surface area contributed by atoms with Crippen LogP contribution in [0.25, 0.3) is 5.69 Å². The number of nitrogens with zero attached hydrogens (tertiary/aromatic N) is 3. The molecule has 1 N–H and O–H groups in total. The standard InChI is InChI=1S/C32H33FN4O3/c1-4-18-40-20-26-28-27(22-14-16-24(33)17-15-22)29(34-30(38)23-11-9-10-21(3)19-23)32(39)36(5-2)31(28)37(35-26)25-12-7-6-8-13-25/h6-17,19,27,29H,4-5,18,20H2,1-3H3,(H,34,38). The molecule has 7 nitrogen and oxygen atoms in total. The minimum atomic E-state index is -0.940. The normalized spacial score (nSPS) is 16.6. The number of hydrogen-bond donors (Lipinski definition) is 1. The van der Waals surface area contributed by atoms with Gasteiger partial charge in [-0.1, -0.05) is 55.0 Å². The monoisotopic (exact) mass is 540 g/mol. The molecule has 206 valence electrons. The van der Waals surface area contributed by atoms with Gasteiger partial charge >= 0.3 is 0 Å². The Morgan fingerprint density at radius 2 is 1.77 bits per heavy atom. The number of ether oxygens (including phenoxy) is 1. The van der Waals surface area contributed by atoms with Crippen LogP contribution >= 0.6 is 0 Å². The molecule has 0 bridgehead atoms. The predicted octanol–water partition coefficient (Wildman–Crippen LogP) is 5.54. The maximum atomic E-state index is 14.2. The van der Waals surface area contributed by atoms with Crippen molar-refractivity contribution in [1.82, 2.24) is 15.1 Å². The van der Waals surface area contributed by atoms with E-state index in [0.717, 1.165) is 23.2 Å². The lowest BCUT2D eigenvalue weighted by Gasteiger charge is -2.38. The largest absolute Gasteiger partial charge is 0.375 e. The van der Waals surface area contributed by atoms with Gasteiger partial charge < -0.3 is 10.1 Å². The van der Waals surface area contributed by atoms with Crippen LogP contribution in [-0.2, 0) is 16.1 Å². The molecule has 1 aliphatic heterocycles. The van der Waals surface area contributed by atoms with Crippen molar-refractivity contribution in [2.45, 2.75) is 45.8 Å². The van der Waals surface area contributed by atoms with E-state index in [-0.39, 0.29) is 24.2 Å². The molecule has 0 fully saturated rings. The zero-order valence-corrected chi connectivity index (χ0v) is 22.9. The van der Waals surface area contributed by atoms with E-state index in [1.807, 2.05) is 63.2 Å². The molecule has 1 aromatic heterocycles. The fourth-order valence-electron chi connectivity index (χ4n) is 5.28. The molecular weight excluding hydrogens is 507 g/mol. The van der Waals surface area contributed by atoms with Gasteiger partial charge in [0.05, 0.1) is 18.0 Å². The second kappa shape index (κ2) is 11.8. The van der Waals surface area contributed by atoms with E-state index in [1.165, 1.54) is 12.1 Å². The van der Waals surface area contributed by atoms with Crippen molar-refractivity contribution in [2.75, 3.05) is 18.1 Å². The molecule has 40 heavy (non-hydrogen) atoms. The fraction of sp³-hybridized carbons (Fsp3) is 0.281. The second-order valence-electron chi connectivity index (χ2n) is 9.92. The van der Waals surface area contributed by atoms with Crippen molar-refractivity contribution in [2.24, 2.45) is 0 Å². The van der Waals surface area contributed by atoms with Gasteiger partial charge in [-0.3, -0.25) is 14.5 Å². The molecule has 0 saturated heterocycles. The second-order valence-corrected chi connectivity index (χ2v) is 9.92. The summed E-state index contributed by atoms with van der Waals surface area (Å²) in [6.45, 7) is 7.00. The highest BCUT2D eigenvalue weighted by Crippen LogP contribution is 2.44. The zero-order chi connectivity index (χ0) is 28.2. The van der Waals surface area contributed by atoms with E-state index in [1.54, 1.807) is 33.8 Å². The molecule has 0 radical (unpaired) electrons. The SMILES string of the molecule is CCCOCc1nn(-c2ccccc2)c2c1C(c1ccc(F)cc1)C(NC(=O)c1cccc(C)c1)C(=O)N2CC. The number of aryl methyl sites for hydroxylation is 1. The highest BCUT2D eigenvalue weighted by Gasteiger charge is 2.46.